The van der Waals surface area contributed by atoms with E-state index in [4.69, 9.17) is 5.73 Å². The van der Waals surface area contributed by atoms with Crippen molar-refractivity contribution in [2.75, 3.05) is 5.73 Å². The van der Waals surface area contributed by atoms with Gasteiger partial charge in [0.2, 0.25) is 0 Å². The Hall–Kier alpha value is -2.37. The molecular weight excluding hydrogens is 254 g/mol. The van der Waals surface area contributed by atoms with Crippen LogP contribution in [0.15, 0.2) is 24.4 Å². The first-order chi connectivity index (χ1) is 9.63. The van der Waals surface area contributed by atoms with E-state index in [1.54, 1.807) is 6.20 Å². The number of carbonyl (C=O) groups is 1. The van der Waals surface area contributed by atoms with Crippen molar-refractivity contribution < 1.29 is 4.79 Å². The average Bonchev–Trinajstić information content (AvgIpc) is 2.82. The topological polar surface area (TPSA) is 96.7 Å². The van der Waals surface area contributed by atoms with Crippen LogP contribution in [0.2, 0.25) is 0 Å². The summed E-state index contributed by atoms with van der Waals surface area (Å²) in [5, 5.41) is 9.66. The Bertz CT molecular complexity index is 579. The molecule has 0 radical (unpaired) electrons. The molecule has 6 heteroatoms. The van der Waals surface area contributed by atoms with Gasteiger partial charge >= 0.3 is 0 Å². The third-order valence-corrected chi connectivity index (χ3v) is 3.08. The average molecular weight is 273 g/mol. The van der Waals surface area contributed by atoms with Crippen LogP contribution in [0.4, 0.5) is 5.69 Å². The quantitative estimate of drug-likeness (QED) is 0.774. The molecule has 20 heavy (non-hydrogen) atoms. The van der Waals surface area contributed by atoms with E-state index >= 15 is 0 Å². The molecule has 0 saturated heterocycles. The molecule has 4 N–H and O–H groups in total. The van der Waals surface area contributed by atoms with E-state index in [-0.39, 0.29) is 17.6 Å². The Balaban J connectivity index is 2.09. The minimum absolute atomic E-state index is 0.200. The number of nitrogens with one attached hydrogen (secondary N) is 2. The van der Waals surface area contributed by atoms with Crippen LogP contribution in [0.3, 0.4) is 0 Å². The van der Waals surface area contributed by atoms with Crippen molar-refractivity contribution >= 4 is 11.6 Å². The molecule has 0 aromatic carbocycles. The highest BCUT2D eigenvalue weighted by Crippen LogP contribution is 2.17. The zero-order valence-electron chi connectivity index (χ0n) is 11.7. The highest BCUT2D eigenvalue weighted by Gasteiger charge is 2.19. The molecule has 0 saturated carbocycles. The van der Waals surface area contributed by atoms with E-state index in [2.05, 4.69) is 20.5 Å². The maximum absolute atomic E-state index is 12.2. The number of H-pyrrole nitrogens is 1. The van der Waals surface area contributed by atoms with Gasteiger partial charge in [0.05, 0.1) is 23.1 Å². The molecule has 2 rings (SSSR count). The lowest BCUT2D eigenvalue weighted by atomic mass is 10.2. The maximum atomic E-state index is 12.2. The lowest BCUT2D eigenvalue weighted by Crippen LogP contribution is -2.28. The van der Waals surface area contributed by atoms with Crippen LogP contribution < -0.4 is 11.1 Å². The third-order valence-electron chi connectivity index (χ3n) is 3.08. The van der Waals surface area contributed by atoms with Crippen LogP contribution in [0, 0.1) is 0 Å². The molecule has 1 unspecified atom stereocenters. The number of hydrogen-bond acceptors (Lipinski definition) is 4. The minimum Gasteiger partial charge on any atom is -0.395 e. The Morgan fingerprint density at radius 2 is 2.30 bits per heavy atom. The summed E-state index contributed by atoms with van der Waals surface area (Å²) in [6, 6.07) is 5.38. The second kappa shape index (κ2) is 6.18. The molecular formula is C14H19N5O. The number of aryl methyl sites for hydroxylation is 1. The monoisotopic (exact) mass is 273 g/mol. The second-order valence-electron chi connectivity index (χ2n) is 4.66. The predicted molar refractivity (Wildman–Crippen MR) is 77.1 cm³/mol. The van der Waals surface area contributed by atoms with Gasteiger partial charge in [-0.25, -0.2) is 0 Å². The fourth-order valence-electron chi connectivity index (χ4n) is 1.97. The summed E-state index contributed by atoms with van der Waals surface area (Å²) in [6.45, 7) is 3.92. The predicted octanol–water partition coefficient (Wildman–Crippen LogP) is 1.83. The number of aromatic amines is 1. The number of pyridine rings is 1. The Morgan fingerprint density at radius 1 is 1.50 bits per heavy atom. The number of carbonyl (C=O) groups excluding carboxylic acids is 1. The van der Waals surface area contributed by atoms with Gasteiger partial charge < -0.3 is 11.1 Å². The van der Waals surface area contributed by atoms with Gasteiger partial charge in [0.15, 0.2) is 5.69 Å². The van der Waals surface area contributed by atoms with Gasteiger partial charge in [-0.2, -0.15) is 5.10 Å². The molecule has 106 valence electrons. The first-order valence-corrected chi connectivity index (χ1v) is 6.68. The van der Waals surface area contributed by atoms with Gasteiger partial charge in [0, 0.05) is 6.20 Å². The summed E-state index contributed by atoms with van der Waals surface area (Å²) >= 11 is 0. The van der Waals surface area contributed by atoms with Crippen LogP contribution in [-0.4, -0.2) is 21.1 Å². The normalized spacial score (nSPS) is 12.1. The molecule has 1 amide bonds. The van der Waals surface area contributed by atoms with Crippen molar-refractivity contribution in [1.82, 2.24) is 20.5 Å². The van der Waals surface area contributed by atoms with Gasteiger partial charge in [0.25, 0.3) is 5.91 Å². The fourth-order valence-corrected chi connectivity index (χ4v) is 1.97. The summed E-state index contributed by atoms with van der Waals surface area (Å²) in [4.78, 5) is 16.4. The van der Waals surface area contributed by atoms with Crippen LogP contribution in [0.5, 0.6) is 0 Å². The summed E-state index contributed by atoms with van der Waals surface area (Å²) in [7, 11) is 0. The van der Waals surface area contributed by atoms with E-state index in [1.165, 1.54) is 0 Å². The number of rotatable bonds is 5. The summed E-state index contributed by atoms with van der Waals surface area (Å²) in [5.41, 5.74) is 8.21. The van der Waals surface area contributed by atoms with Crippen molar-refractivity contribution in [3.8, 4) is 0 Å². The van der Waals surface area contributed by atoms with Crippen molar-refractivity contribution in [3.05, 3.63) is 41.5 Å². The Morgan fingerprint density at radius 3 is 2.95 bits per heavy atom. The number of nitrogens with two attached hydrogens (primary N) is 1. The maximum Gasteiger partial charge on any atom is 0.274 e. The SMILES string of the molecule is CCCc1[nH]nc(C(=O)NC(C)c2ccccn2)c1N. The summed E-state index contributed by atoms with van der Waals surface area (Å²) < 4.78 is 0. The summed E-state index contributed by atoms with van der Waals surface area (Å²) in [6.07, 6.45) is 3.42. The van der Waals surface area contributed by atoms with Crippen LogP contribution >= 0.6 is 0 Å². The van der Waals surface area contributed by atoms with Crippen molar-refractivity contribution in [1.29, 1.82) is 0 Å². The first kappa shape index (κ1) is 14.0. The molecule has 0 fully saturated rings. The van der Waals surface area contributed by atoms with Crippen molar-refractivity contribution in [2.45, 2.75) is 32.7 Å². The van der Waals surface area contributed by atoms with Crippen LogP contribution in [0.25, 0.3) is 0 Å². The molecule has 0 spiro atoms. The number of amides is 1. The standard InChI is InChI=1S/C14H19N5O/c1-3-6-11-12(15)13(19-18-11)14(20)17-9(2)10-7-4-5-8-16-10/h4-5,7-9H,3,6,15H2,1-2H3,(H,17,20)(H,18,19). The molecule has 1 atom stereocenters. The molecule has 2 aromatic heterocycles. The number of anilines is 1. The van der Waals surface area contributed by atoms with E-state index in [0.717, 1.165) is 24.2 Å². The molecule has 0 aliphatic heterocycles. The van der Waals surface area contributed by atoms with Crippen LogP contribution in [0.1, 0.15) is 48.2 Å². The number of nitrogens with zero attached hydrogens (tertiary/aromatic N) is 2. The number of hydrogen-bond donors (Lipinski definition) is 3. The third kappa shape index (κ3) is 2.96. The Labute approximate surface area is 117 Å². The van der Waals surface area contributed by atoms with Gasteiger partial charge in [0.1, 0.15) is 0 Å². The zero-order valence-corrected chi connectivity index (χ0v) is 11.7. The van der Waals surface area contributed by atoms with Crippen LogP contribution in [-0.2, 0) is 6.42 Å². The van der Waals surface area contributed by atoms with Crippen molar-refractivity contribution in [2.24, 2.45) is 0 Å². The van der Waals surface area contributed by atoms with Gasteiger partial charge in [-0.15, -0.1) is 0 Å². The number of aromatic nitrogens is 3. The number of nitrogen functional groups attached to an aromatic ring is 1. The van der Waals surface area contributed by atoms with Gasteiger partial charge in [-0.1, -0.05) is 19.4 Å². The molecule has 0 aliphatic carbocycles. The molecule has 2 aromatic rings. The molecule has 6 nitrogen and oxygen atoms in total. The minimum atomic E-state index is -0.292. The first-order valence-electron chi connectivity index (χ1n) is 6.68. The van der Waals surface area contributed by atoms with Gasteiger partial charge in [-0.3, -0.25) is 14.9 Å². The lowest BCUT2D eigenvalue weighted by molar-refractivity contribution is 0.0935. The largest absolute Gasteiger partial charge is 0.395 e. The highest BCUT2D eigenvalue weighted by molar-refractivity contribution is 5.97. The molecule has 2 heterocycles. The Kier molecular flexibility index (Phi) is 4.34. The molecule has 0 aliphatic rings. The van der Waals surface area contributed by atoms with E-state index in [0.29, 0.717) is 5.69 Å². The summed E-state index contributed by atoms with van der Waals surface area (Å²) in [5.74, 6) is -0.292. The zero-order chi connectivity index (χ0) is 14.5. The smallest absolute Gasteiger partial charge is 0.274 e. The second-order valence-corrected chi connectivity index (χ2v) is 4.66. The van der Waals surface area contributed by atoms with Crippen molar-refractivity contribution in [3.63, 3.8) is 0 Å². The van der Waals surface area contributed by atoms with E-state index in [1.807, 2.05) is 32.0 Å². The van der Waals surface area contributed by atoms with Gasteiger partial charge in [-0.05, 0) is 25.5 Å². The fraction of sp³-hybridized carbons (Fsp3) is 0.357. The highest BCUT2D eigenvalue weighted by atomic mass is 16.2. The lowest BCUT2D eigenvalue weighted by Gasteiger charge is -2.12. The van der Waals surface area contributed by atoms with E-state index < -0.39 is 0 Å². The molecule has 0 bridgehead atoms. The van der Waals surface area contributed by atoms with E-state index in [9.17, 15) is 4.79 Å².